The summed E-state index contributed by atoms with van der Waals surface area (Å²) >= 11 is 0. The fourth-order valence-corrected chi connectivity index (χ4v) is 2.76. The number of anilines is 1. The Morgan fingerprint density at radius 2 is 1.81 bits per heavy atom. The summed E-state index contributed by atoms with van der Waals surface area (Å²) in [7, 11) is 0. The van der Waals surface area contributed by atoms with Crippen molar-refractivity contribution in [2.24, 2.45) is 0 Å². The van der Waals surface area contributed by atoms with Crippen molar-refractivity contribution in [3.8, 4) is 0 Å². The highest BCUT2D eigenvalue weighted by Crippen LogP contribution is 2.25. The molecule has 0 aliphatic carbocycles. The Hall–Kier alpha value is -1.80. The summed E-state index contributed by atoms with van der Waals surface area (Å²) in [6.07, 6.45) is 0.913. The van der Waals surface area contributed by atoms with Crippen LogP contribution >= 0.6 is 0 Å². The van der Waals surface area contributed by atoms with E-state index in [0.29, 0.717) is 5.92 Å². The van der Waals surface area contributed by atoms with Gasteiger partial charge in [0.2, 0.25) is 0 Å². The monoisotopic (exact) mass is 280 g/mol. The zero-order chi connectivity index (χ0) is 14.8. The highest BCUT2D eigenvalue weighted by Gasteiger charge is 2.20. The van der Waals surface area contributed by atoms with Gasteiger partial charge >= 0.3 is 0 Å². The molecule has 1 fully saturated rings. The number of nitrogen functional groups attached to an aromatic ring is 1. The molecule has 0 radical (unpaired) electrons. The van der Waals surface area contributed by atoms with E-state index < -0.39 is 0 Å². The third-order valence-corrected chi connectivity index (χ3v) is 4.32. The summed E-state index contributed by atoms with van der Waals surface area (Å²) in [6.45, 7) is 8.10. The standard InChI is InChI=1S/C19H24N2/c1-14-3-5-16(6-4-14)11-18-12-17(7-8-19(18)20)15(2)13-21-9-10-21/h3-8,12,15H,9-11,13,20H2,1-2H3. The first kappa shape index (κ1) is 14.2. The molecule has 1 saturated heterocycles. The quantitative estimate of drug-likeness (QED) is 0.670. The number of nitrogens with two attached hydrogens (primary N) is 1. The number of rotatable bonds is 5. The summed E-state index contributed by atoms with van der Waals surface area (Å²) in [4.78, 5) is 2.47. The first-order valence-electron chi connectivity index (χ1n) is 7.78. The minimum Gasteiger partial charge on any atom is -0.398 e. The Morgan fingerprint density at radius 1 is 1.10 bits per heavy atom. The van der Waals surface area contributed by atoms with Crippen LogP contribution in [0.15, 0.2) is 42.5 Å². The van der Waals surface area contributed by atoms with Crippen molar-refractivity contribution in [2.45, 2.75) is 26.2 Å². The molecule has 1 aliphatic rings. The lowest BCUT2D eigenvalue weighted by atomic mass is 9.95. The number of aryl methyl sites for hydroxylation is 1. The van der Waals surface area contributed by atoms with E-state index in [2.05, 4.69) is 61.2 Å². The number of nitrogens with zero attached hydrogens (tertiary/aromatic N) is 1. The molecular formula is C19H24N2. The van der Waals surface area contributed by atoms with Gasteiger partial charge in [0.25, 0.3) is 0 Å². The summed E-state index contributed by atoms with van der Waals surface area (Å²) in [5.41, 5.74) is 12.3. The molecule has 0 aromatic heterocycles. The average Bonchev–Trinajstić information content (AvgIpc) is 3.27. The van der Waals surface area contributed by atoms with Crippen molar-refractivity contribution in [3.63, 3.8) is 0 Å². The van der Waals surface area contributed by atoms with Crippen LogP contribution in [0.25, 0.3) is 0 Å². The molecule has 0 spiro atoms. The molecule has 0 saturated carbocycles. The SMILES string of the molecule is Cc1ccc(Cc2cc(C(C)CN3CC3)ccc2N)cc1. The molecular weight excluding hydrogens is 256 g/mol. The zero-order valence-electron chi connectivity index (χ0n) is 13.0. The normalized spacial score (nSPS) is 15.9. The van der Waals surface area contributed by atoms with E-state index in [9.17, 15) is 0 Å². The Kier molecular flexibility index (Phi) is 3.98. The summed E-state index contributed by atoms with van der Waals surface area (Å²) < 4.78 is 0. The fraction of sp³-hybridized carbons (Fsp3) is 0.368. The van der Waals surface area contributed by atoms with Crippen LogP contribution in [0.2, 0.25) is 0 Å². The van der Waals surface area contributed by atoms with Gasteiger partial charge in [-0.05, 0) is 42.0 Å². The predicted octanol–water partition coefficient (Wildman–Crippen LogP) is 3.59. The van der Waals surface area contributed by atoms with Gasteiger partial charge in [-0.1, -0.05) is 48.9 Å². The van der Waals surface area contributed by atoms with E-state index >= 15 is 0 Å². The number of benzene rings is 2. The molecule has 0 amide bonds. The van der Waals surface area contributed by atoms with Crippen LogP contribution in [-0.4, -0.2) is 24.5 Å². The Labute approximate surface area is 127 Å². The van der Waals surface area contributed by atoms with Crippen LogP contribution in [0, 0.1) is 6.92 Å². The van der Waals surface area contributed by atoms with Gasteiger partial charge in [0, 0.05) is 25.3 Å². The van der Waals surface area contributed by atoms with E-state index in [1.807, 2.05) is 0 Å². The largest absolute Gasteiger partial charge is 0.398 e. The Morgan fingerprint density at radius 3 is 2.48 bits per heavy atom. The maximum Gasteiger partial charge on any atom is 0.0350 e. The summed E-state index contributed by atoms with van der Waals surface area (Å²) in [5, 5.41) is 0. The molecule has 0 bridgehead atoms. The average molecular weight is 280 g/mol. The van der Waals surface area contributed by atoms with Crippen molar-refractivity contribution >= 4 is 5.69 Å². The maximum atomic E-state index is 6.17. The topological polar surface area (TPSA) is 29.0 Å². The van der Waals surface area contributed by atoms with Crippen LogP contribution in [0.1, 0.15) is 35.1 Å². The van der Waals surface area contributed by atoms with E-state index in [0.717, 1.165) is 18.7 Å². The molecule has 2 N–H and O–H groups in total. The van der Waals surface area contributed by atoms with Gasteiger partial charge in [0.15, 0.2) is 0 Å². The van der Waals surface area contributed by atoms with Crippen molar-refractivity contribution in [3.05, 3.63) is 64.7 Å². The molecule has 21 heavy (non-hydrogen) atoms. The van der Waals surface area contributed by atoms with Crippen LogP contribution in [0.3, 0.4) is 0 Å². The van der Waals surface area contributed by atoms with Crippen molar-refractivity contribution in [1.29, 1.82) is 0 Å². The van der Waals surface area contributed by atoms with Gasteiger partial charge in [0.05, 0.1) is 0 Å². The number of hydrogen-bond donors (Lipinski definition) is 1. The van der Waals surface area contributed by atoms with Gasteiger partial charge in [-0.15, -0.1) is 0 Å². The molecule has 3 rings (SSSR count). The van der Waals surface area contributed by atoms with Gasteiger partial charge in [-0.25, -0.2) is 0 Å². The predicted molar refractivity (Wildman–Crippen MR) is 89.7 cm³/mol. The molecule has 1 heterocycles. The van der Waals surface area contributed by atoms with E-state index in [1.165, 1.54) is 35.3 Å². The smallest absolute Gasteiger partial charge is 0.0350 e. The van der Waals surface area contributed by atoms with Crippen LogP contribution in [0.4, 0.5) is 5.69 Å². The molecule has 1 aliphatic heterocycles. The van der Waals surface area contributed by atoms with Gasteiger partial charge in [0.1, 0.15) is 0 Å². The van der Waals surface area contributed by atoms with Crippen molar-refractivity contribution in [2.75, 3.05) is 25.4 Å². The van der Waals surface area contributed by atoms with Crippen molar-refractivity contribution in [1.82, 2.24) is 4.90 Å². The lowest BCUT2D eigenvalue weighted by molar-refractivity contribution is 0.507. The molecule has 110 valence electrons. The van der Waals surface area contributed by atoms with E-state index in [4.69, 9.17) is 5.73 Å². The minimum absolute atomic E-state index is 0.574. The summed E-state index contributed by atoms with van der Waals surface area (Å²) in [5.74, 6) is 0.574. The van der Waals surface area contributed by atoms with Crippen LogP contribution in [0.5, 0.6) is 0 Å². The zero-order valence-corrected chi connectivity index (χ0v) is 13.0. The van der Waals surface area contributed by atoms with E-state index in [1.54, 1.807) is 0 Å². The van der Waals surface area contributed by atoms with Crippen molar-refractivity contribution < 1.29 is 0 Å². The number of hydrogen-bond acceptors (Lipinski definition) is 2. The van der Waals surface area contributed by atoms with Gasteiger partial charge < -0.3 is 10.6 Å². The van der Waals surface area contributed by atoms with E-state index in [-0.39, 0.29) is 0 Å². The lowest BCUT2D eigenvalue weighted by Gasteiger charge is -2.15. The maximum absolute atomic E-state index is 6.17. The van der Waals surface area contributed by atoms with Crippen LogP contribution < -0.4 is 5.73 Å². The first-order chi connectivity index (χ1) is 10.1. The summed E-state index contributed by atoms with van der Waals surface area (Å²) in [6, 6.07) is 15.3. The third kappa shape index (κ3) is 3.64. The first-order valence-corrected chi connectivity index (χ1v) is 7.78. The Balaban J connectivity index is 1.78. The fourth-order valence-electron chi connectivity index (χ4n) is 2.76. The van der Waals surface area contributed by atoms with Gasteiger partial charge in [-0.2, -0.15) is 0 Å². The molecule has 2 heteroatoms. The highest BCUT2D eigenvalue weighted by atomic mass is 15.3. The molecule has 2 nitrogen and oxygen atoms in total. The molecule has 2 aromatic rings. The minimum atomic E-state index is 0.574. The molecule has 2 aromatic carbocycles. The second-order valence-electron chi connectivity index (χ2n) is 6.32. The second-order valence-corrected chi connectivity index (χ2v) is 6.32. The molecule has 1 atom stereocenters. The lowest BCUT2D eigenvalue weighted by Crippen LogP contribution is -2.09. The molecule has 1 unspecified atom stereocenters. The van der Waals surface area contributed by atoms with Gasteiger partial charge in [-0.3, -0.25) is 0 Å². The Bertz CT molecular complexity index is 612. The van der Waals surface area contributed by atoms with Crippen LogP contribution in [-0.2, 0) is 6.42 Å². The second kappa shape index (κ2) is 5.90. The highest BCUT2D eigenvalue weighted by molar-refractivity contribution is 5.51. The third-order valence-electron chi connectivity index (χ3n) is 4.32.